The molecule has 2 aromatic heterocycles. The molecule has 0 atom stereocenters. The van der Waals surface area contributed by atoms with Crippen molar-refractivity contribution in [2.45, 2.75) is 38.5 Å². The molecule has 2 aromatic rings. The fourth-order valence-corrected chi connectivity index (χ4v) is 2.64. The molecule has 0 saturated carbocycles. The third-order valence-electron chi connectivity index (χ3n) is 3.64. The minimum atomic E-state index is -4.46. The maximum atomic E-state index is 13.0. The van der Waals surface area contributed by atoms with E-state index in [1.54, 1.807) is 0 Å². The molecule has 0 fully saturated rings. The molecule has 0 aromatic carbocycles. The molecule has 4 nitrogen and oxygen atoms in total. The summed E-state index contributed by atoms with van der Waals surface area (Å²) in [6.07, 6.45) is -0.999. The van der Waals surface area contributed by atoms with Crippen LogP contribution in [0.5, 0.6) is 0 Å². The van der Waals surface area contributed by atoms with E-state index in [9.17, 15) is 17.6 Å². The summed E-state index contributed by atoms with van der Waals surface area (Å²) >= 11 is 0. The van der Waals surface area contributed by atoms with Gasteiger partial charge in [-0.2, -0.15) is 17.6 Å². The monoisotopic (exact) mass is 314 g/mol. The number of hydrogen-bond acceptors (Lipinski definition) is 3. The number of halogens is 4. The molecule has 0 bridgehead atoms. The highest BCUT2D eigenvalue weighted by Crippen LogP contribution is 2.33. The van der Waals surface area contributed by atoms with Crippen molar-refractivity contribution in [2.75, 3.05) is 5.32 Å². The summed E-state index contributed by atoms with van der Waals surface area (Å²) in [4.78, 5) is 7.27. The number of hydrogen-bond donors (Lipinski definition) is 1. The number of imidazole rings is 1. The molecule has 22 heavy (non-hydrogen) atoms. The van der Waals surface area contributed by atoms with E-state index >= 15 is 0 Å². The fourth-order valence-electron chi connectivity index (χ4n) is 2.64. The summed E-state index contributed by atoms with van der Waals surface area (Å²) < 4.78 is 53.1. The molecule has 3 rings (SSSR count). The van der Waals surface area contributed by atoms with E-state index in [0.717, 1.165) is 12.8 Å². The summed E-state index contributed by atoms with van der Waals surface area (Å²) in [5.74, 6) is -1.44. The Morgan fingerprint density at radius 1 is 1.23 bits per heavy atom. The first-order chi connectivity index (χ1) is 10.4. The van der Waals surface area contributed by atoms with Crippen molar-refractivity contribution in [3.8, 4) is 0 Å². The molecule has 0 spiro atoms. The number of nitrogens with zero attached hydrogens (tertiary/aromatic N) is 3. The highest BCUT2D eigenvalue weighted by molar-refractivity contribution is 5.40. The topological polar surface area (TPSA) is 42.7 Å². The van der Waals surface area contributed by atoms with E-state index in [4.69, 9.17) is 0 Å². The van der Waals surface area contributed by atoms with Crippen molar-refractivity contribution in [3.63, 3.8) is 0 Å². The predicted molar refractivity (Wildman–Crippen MR) is 71.7 cm³/mol. The van der Waals surface area contributed by atoms with E-state index in [0.29, 0.717) is 30.0 Å². The summed E-state index contributed by atoms with van der Waals surface area (Å²) in [5.41, 5.74) is 1.55. The Morgan fingerprint density at radius 3 is 2.73 bits per heavy atom. The van der Waals surface area contributed by atoms with Gasteiger partial charge in [0.05, 0.1) is 24.1 Å². The highest BCUT2D eigenvalue weighted by atomic mass is 19.4. The van der Waals surface area contributed by atoms with Gasteiger partial charge in [-0.3, -0.25) is 0 Å². The molecule has 0 saturated heterocycles. The Hall–Kier alpha value is -2.12. The first-order valence-corrected chi connectivity index (χ1v) is 6.96. The smallest absolute Gasteiger partial charge is 0.378 e. The second kappa shape index (κ2) is 5.58. The van der Waals surface area contributed by atoms with Gasteiger partial charge < -0.3 is 9.88 Å². The summed E-state index contributed by atoms with van der Waals surface area (Å²) in [6.45, 7) is 0.494. The van der Waals surface area contributed by atoms with Crippen LogP contribution in [0.1, 0.15) is 30.1 Å². The maximum Gasteiger partial charge on any atom is 0.449 e. The average Bonchev–Trinajstić information content (AvgIpc) is 2.86. The molecule has 8 heteroatoms. The van der Waals surface area contributed by atoms with E-state index in [1.807, 2.05) is 0 Å². The van der Waals surface area contributed by atoms with Gasteiger partial charge in [-0.25, -0.2) is 9.97 Å². The number of alkyl halides is 3. The summed E-state index contributed by atoms with van der Waals surface area (Å²) in [5, 5.41) is 2.93. The van der Waals surface area contributed by atoms with Gasteiger partial charge in [0.25, 0.3) is 0 Å². The van der Waals surface area contributed by atoms with Gasteiger partial charge in [-0.15, -0.1) is 0 Å². The molecule has 118 valence electrons. The summed E-state index contributed by atoms with van der Waals surface area (Å²) in [7, 11) is 0. The first kappa shape index (κ1) is 14.8. The van der Waals surface area contributed by atoms with E-state index in [-0.39, 0.29) is 6.54 Å². The zero-order chi connectivity index (χ0) is 15.7. The molecule has 0 aliphatic carbocycles. The van der Waals surface area contributed by atoms with Crippen molar-refractivity contribution >= 4 is 5.69 Å². The molecule has 1 N–H and O–H groups in total. The van der Waals surface area contributed by atoms with Crippen LogP contribution in [0, 0.1) is 5.95 Å². The number of fused-ring (bicyclic) bond motifs is 1. The molecular formula is C14H14F4N4. The fraction of sp³-hybridized carbons (Fsp3) is 0.429. The zero-order valence-corrected chi connectivity index (χ0v) is 11.6. The maximum absolute atomic E-state index is 13.0. The Morgan fingerprint density at radius 2 is 2.05 bits per heavy atom. The zero-order valence-electron chi connectivity index (χ0n) is 11.6. The molecule has 3 heterocycles. The van der Waals surface area contributed by atoms with Gasteiger partial charge in [-0.1, -0.05) is 0 Å². The van der Waals surface area contributed by atoms with Crippen LogP contribution in [-0.2, 0) is 25.7 Å². The van der Waals surface area contributed by atoms with Gasteiger partial charge in [0.1, 0.15) is 0 Å². The second-order valence-corrected chi connectivity index (χ2v) is 5.16. The largest absolute Gasteiger partial charge is 0.449 e. The molecular weight excluding hydrogens is 300 g/mol. The van der Waals surface area contributed by atoms with Gasteiger partial charge >= 0.3 is 6.18 Å². The lowest BCUT2D eigenvalue weighted by atomic mass is 10.1. The normalized spacial score (nSPS) is 14.7. The van der Waals surface area contributed by atoms with Crippen LogP contribution in [0.3, 0.4) is 0 Å². The van der Waals surface area contributed by atoms with Crippen molar-refractivity contribution in [3.05, 3.63) is 41.5 Å². The van der Waals surface area contributed by atoms with E-state index in [2.05, 4.69) is 15.3 Å². The van der Waals surface area contributed by atoms with Crippen LogP contribution in [0.4, 0.5) is 23.2 Å². The lowest BCUT2D eigenvalue weighted by Gasteiger charge is -2.18. The van der Waals surface area contributed by atoms with Gasteiger partial charge in [0, 0.05) is 12.2 Å². The van der Waals surface area contributed by atoms with Crippen LogP contribution in [0.15, 0.2) is 18.3 Å². The minimum absolute atomic E-state index is 0.152. The van der Waals surface area contributed by atoms with Crippen molar-refractivity contribution in [1.82, 2.24) is 14.5 Å². The summed E-state index contributed by atoms with van der Waals surface area (Å²) in [6, 6.07) is 2.67. The number of anilines is 1. The molecule has 0 unspecified atom stereocenters. The van der Waals surface area contributed by atoms with Gasteiger partial charge in [0.15, 0.2) is 0 Å². The standard InChI is InChI=1S/C14H14F4N4/c15-12-5-4-9(7-20-12)19-8-10-11-3-1-2-6-22(11)13(21-10)14(16,17)18/h4-5,7,19H,1-3,6,8H2. The number of rotatable bonds is 3. The second-order valence-electron chi connectivity index (χ2n) is 5.16. The number of nitrogens with one attached hydrogen (secondary N) is 1. The van der Waals surface area contributed by atoms with E-state index in [1.165, 1.54) is 22.9 Å². The third-order valence-corrected chi connectivity index (χ3v) is 3.64. The van der Waals surface area contributed by atoms with Gasteiger partial charge in [-0.05, 0) is 31.4 Å². The van der Waals surface area contributed by atoms with Crippen LogP contribution in [0.25, 0.3) is 0 Å². The van der Waals surface area contributed by atoms with Crippen LogP contribution >= 0.6 is 0 Å². The quantitative estimate of drug-likeness (QED) is 0.697. The first-order valence-electron chi connectivity index (χ1n) is 6.96. The Kier molecular flexibility index (Phi) is 3.76. The van der Waals surface area contributed by atoms with Crippen LogP contribution < -0.4 is 5.32 Å². The minimum Gasteiger partial charge on any atom is -0.378 e. The Balaban J connectivity index is 1.84. The Bertz CT molecular complexity index is 661. The van der Waals surface area contributed by atoms with Crippen molar-refractivity contribution in [1.29, 1.82) is 0 Å². The molecule has 1 aliphatic rings. The lowest BCUT2D eigenvalue weighted by Crippen LogP contribution is -2.19. The number of aromatic nitrogens is 3. The van der Waals surface area contributed by atoms with E-state index < -0.39 is 17.9 Å². The average molecular weight is 314 g/mol. The molecule has 0 amide bonds. The predicted octanol–water partition coefficient (Wildman–Crippen LogP) is 3.38. The lowest BCUT2D eigenvalue weighted by molar-refractivity contribution is -0.147. The van der Waals surface area contributed by atoms with Crippen LogP contribution in [-0.4, -0.2) is 14.5 Å². The van der Waals surface area contributed by atoms with Crippen molar-refractivity contribution in [2.24, 2.45) is 0 Å². The molecule has 0 radical (unpaired) electrons. The van der Waals surface area contributed by atoms with Gasteiger partial charge in [0.2, 0.25) is 11.8 Å². The molecule has 1 aliphatic heterocycles. The number of pyridine rings is 1. The highest BCUT2D eigenvalue weighted by Gasteiger charge is 2.39. The van der Waals surface area contributed by atoms with Crippen molar-refractivity contribution < 1.29 is 17.6 Å². The SMILES string of the molecule is Fc1ccc(NCc2nc(C(F)(F)F)n3c2CCCC3)cn1. The Labute approximate surface area is 124 Å². The third kappa shape index (κ3) is 2.90. The van der Waals surface area contributed by atoms with Crippen LogP contribution in [0.2, 0.25) is 0 Å².